The number of hydrogen-bond acceptors (Lipinski definition) is 7. The van der Waals surface area contributed by atoms with Crippen molar-refractivity contribution in [3.63, 3.8) is 0 Å². The number of aromatic nitrogens is 4. The van der Waals surface area contributed by atoms with Gasteiger partial charge < -0.3 is 10.5 Å². The first-order chi connectivity index (χ1) is 14.2. The third-order valence-corrected chi connectivity index (χ3v) is 4.44. The van der Waals surface area contributed by atoms with Gasteiger partial charge in [-0.15, -0.1) is 0 Å². The van der Waals surface area contributed by atoms with Crippen molar-refractivity contribution in [1.29, 1.82) is 5.26 Å². The van der Waals surface area contributed by atoms with Crippen LogP contribution in [0.4, 0.5) is 5.95 Å². The monoisotopic (exact) mass is 426 g/mol. The number of nitrogens with two attached hydrogens (primary N) is 1. The molecule has 0 aliphatic carbocycles. The molecule has 0 aliphatic heterocycles. The van der Waals surface area contributed by atoms with Gasteiger partial charge in [-0.2, -0.15) is 5.26 Å². The largest absolute Gasteiger partial charge is 0.440 e. The zero-order valence-electron chi connectivity index (χ0n) is 16.6. The molecular weight excluding hydrogens is 408 g/mol. The smallest absolute Gasteiger partial charge is 0.331 e. The van der Waals surface area contributed by atoms with E-state index in [0.29, 0.717) is 17.0 Å². The number of nitrogens with one attached hydrogen (secondary N) is 1. The first-order valence-corrected chi connectivity index (χ1v) is 9.41. The van der Waals surface area contributed by atoms with Gasteiger partial charge >= 0.3 is 5.69 Å². The number of aromatic amines is 1. The van der Waals surface area contributed by atoms with Gasteiger partial charge in [-0.1, -0.05) is 25.4 Å². The summed E-state index contributed by atoms with van der Waals surface area (Å²) in [6.45, 7) is 5.37. The Morgan fingerprint density at radius 1 is 1.27 bits per heavy atom. The fraction of sp³-hybridized carbons (Fsp3) is 0.250. The number of anilines is 1. The Bertz CT molecular complexity index is 1250. The van der Waals surface area contributed by atoms with Crippen LogP contribution in [-0.2, 0) is 6.54 Å². The van der Waals surface area contributed by atoms with Crippen molar-refractivity contribution in [2.45, 2.75) is 33.2 Å². The second kappa shape index (κ2) is 8.39. The molecular formula is C20H19ClN6O3. The molecule has 0 saturated carbocycles. The Morgan fingerprint density at radius 3 is 2.63 bits per heavy atom. The molecule has 0 bridgehead atoms. The molecule has 0 spiro atoms. The van der Waals surface area contributed by atoms with E-state index in [0.717, 1.165) is 5.56 Å². The van der Waals surface area contributed by atoms with E-state index in [1.807, 2.05) is 20.8 Å². The lowest BCUT2D eigenvalue weighted by Gasteiger charge is -2.18. The predicted molar refractivity (Wildman–Crippen MR) is 112 cm³/mol. The van der Waals surface area contributed by atoms with Crippen molar-refractivity contribution >= 4 is 17.5 Å². The van der Waals surface area contributed by atoms with Crippen molar-refractivity contribution < 1.29 is 4.74 Å². The number of ether oxygens (including phenoxy) is 1. The third-order valence-electron chi connectivity index (χ3n) is 4.24. The van der Waals surface area contributed by atoms with Crippen molar-refractivity contribution in [2.24, 2.45) is 0 Å². The van der Waals surface area contributed by atoms with Crippen LogP contribution in [0.25, 0.3) is 0 Å². The minimum atomic E-state index is -0.680. The topological polar surface area (TPSA) is 140 Å². The van der Waals surface area contributed by atoms with Crippen LogP contribution in [0, 0.1) is 18.3 Å². The Balaban J connectivity index is 2.21. The van der Waals surface area contributed by atoms with E-state index >= 15 is 0 Å². The Kier molecular flexibility index (Phi) is 5.89. The number of halogens is 1. The van der Waals surface area contributed by atoms with Crippen LogP contribution in [0.1, 0.15) is 42.1 Å². The summed E-state index contributed by atoms with van der Waals surface area (Å²) in [6, 6.07) is 8.47. The number of nitrogen functional groups attached to an aromatic ring is 1. The standard InChI is InChI=1S/C20H19ClN6O3/c1-10(2)16-17(28)26-20(29)27(9-13-7-15(21)25-19(23)24-13)18(16)30-14-5-11(3)4-12(6-14)8-22/h4-7,10H,9H2,1-3H3,(H2,23,24,25)(H,26,28,29). The first kappa shape index (κ1) is 21.1. The molecule has 3 aromatic rings. The van der Waals surface area contributed by atoms with Crippen LogP contribution in [-0.4, -0.2) is 19.5 Å². The average molecular weight is 427 g/mol. The Labute approximate surface area is 176 Å². The van der Waals surface area contributed by atoms with Gasteiger partial charge in [0.1, 0.15) is 10.9 Å². The average Bonchev–Trinajstić information content (AvgIpc) is 2.63. The summed E-state index contributed by atoms with van der Waals surface area (Å²) >= 11 is 5.95. The maximum atomic E-state index is 12.7. The molecule has 0 fully saturated rings. The first-order valence-electron chi connectivity index (χ1n) is 9.03. The number of rotatable bonds is 5. The summed E-state index contributed by atoms with van der Waals surface area (Å²) in [7, 11) is 0. The highest BCUT2D eigenvalue weighted by molar-refractivity contribution is 6.29. The Hall–Kier alpha value is -3.64. The second-order valence-corrected chi connectivity index (χ2v) is 7.40. The van der Waals surface area contributed by atoms with Crippen molar-refractivity contribution in [2.75, 3.05) is 5.73 Å². The summed E-state index contributed by atoms with van der Waals surface area (Å²) in [4.78, 5) is 35.4. The lowest BCUT2D eigenvalue weighted by atomic mass is 10.1. The summed E-state index contributed by atoms with van der Waals surface area (Å²) in [5.74, 6) is 0.0859. The van der Waals surface area contributed by atoms with Crippen molar-refractivity contribution in [1.82, 2.24) is 19.5 Å². The molecule has 0 amide bonds. The van der Waals surface area contributed by atoms with Crippen LogP contribution < -0.4 is 21.7 Å². The molecule has 0 atom stereocenters. The van der Waals surface area contributed by atoms with E-state index < -0.39 is 11.2 Å². The molecule has 2 heterocycles. The maximum absolute atomic E-state index is 12.7. The lowest BCUT2D eigenvalue weighted by molar-refractivity contribution is 0.409. The molecule has 3 rings (SSSR count). The van der Waals surface area contributed by atoms with Gasteiger partial charge in [0.25, 0.3) is 5.56 Å². The van der Waals surface area contributed by atoms with E-state index in [-0.39, 0.29) is 35.0 Å². The zero-order chi connectivity index (χ0) is 22.0. The predicted octanol–water partition coefficient (Wildman–Crippen LogP) is 2.71. The summed E-state index contributed by atoms with van der Waals surface area (Å²) < 4.78 is 7.24. The number of H-pyrrole nitrogens is 1. The molecule has 154 valence electrons. The zero-order valence-corrected chi connectivity index (χ0v) is 17.3. The van der Waals surface area contributed by atoms with Gasteiger partial charge in [0.2, 0.25) is 11.8 Å². The van der Waals surface area contributed by atoms with Crippen LogP contribution in [0.15, 0.2) is 33.9 Å². The van der Waals surface area contributed by atoms with Gasteiger partial charge in [0.15, 0.2) is 0 Å². The molecule has 0 saturated heterocycles. The molecule has 10 heteroatoms. The van der Waals surface area contributed by atoms with Crippen LogP contribution in [0.5, 0.6) is 11.6 Å². The minimum absolute atomic E-state index is 0.0427. The van der Waals surface area contributed by atoms with Gasteiger partial charge in [0, 0.05) is 0 Å². The Morgan fingerprint density at radius 2 is 2.00 bits per heavy atom. The number of hydrogen-bond donors (Lipinski definition) is 2. The van der Waals surface area contributed by atoms with E-state index in [9.17, 15) is 14.9 Å². The van der Waals surface area contributed by atoms with Crippen LogP contribution in [0.3, 0.4) is 0 Å². The molecule has 30 heavy (non-hydrogen) atoms. The summed E-state index contributed by atoms with van der Waals surface area (Å²) in [5.41, 5.74) is 6.26. The van der Waals surface area contributed by atoms with Crippen molar-refractivity contribution in [3.8, 4) is 17.7 Å². The number of aryl methyl sites for hydroxylation is 1. The maximum Gasteiger partial charge on any atom is 0.331 e. The molecule has 2 aromatic heterocycles. The molecule has 9 nitrogen and oxygen atoms in total. The number of nitrogens with zero attached hydrogens (tertiary/aromatic N) is 4. The highest BCUT2D eigenvalue weighted by Crippen LogP contribution is 2.29. The van der Waals surface area contributed by atoms with Crippen LogP contribution >= 0.6 is 11.6 Å². The molecule has 0 aliphatic rings. The van der Waals surface area contributed by atoms with Gasteiger partial charge in [-0.3, -0.25) is 14.3 Å². The SMILES string of the molecule is Cc1cc(C#N)cc(Oc2c(C(C)C)c(=O)[nH]c(=O)n2Cc2cc(Cl)nc(N)n2)c1. The fourth-order valence-electron chi connectivity index (χ4n) is 3.04. The molecule has 1 aromatic carbocycles. The summed E-state index contributed by atoms with van der Waals surface area (Å²) in [5, 5.41) is 9.35. The number of nitriles is 1. The quantitative estimate of drug-likeness (QED) is 0.597. The lowest BCUT2D eigenvalue weighted by Crippen LogP contribution is -2.34. The molecule has 0 radical (unpaired) electrons. The van der Waals surface area contributed by atoms with E-state index in [2.05, 4.69) is 21.0 Å². The molecule has 3 N–H and O–H groups in total. The van der Waals surface area contributed by atoms with Crippen LogP contribution in [0.2, 0.25) is 5.15 Å². The van der Waals surface area contributed by atoms with E-state index in [1.54, 1.807) is 12.1 Å². The van der Waals surface area contributed by atoms with E-state index in [4.69, 9.17) is 22.1 Å². The second-order valence-electron chi connectivity index (χ2n) is 7.01. The van der Waals surface area contributed by atoms with E-state index in [1.165, 1.54) is 16.7 Å². The highest BCUT2D eigenvalue weighted by Gasteiger charge is 2.21. The van der Waals surface area contributed by atoms with Gasteiger partial charge in [0.05, 0.1) is 29.4 Å². The normalized spacial score (nSPS) is 10.8. The summed E-state index contributed by atoms with van der Waals surface area (Å²) in [6.07, 6.45) is 0. The third kappa shape index (κ3) is 4.50. The fourth-order valence-corrected chi connectivity index (χ4v) is 3.25. The number of benzene rings is 1. The highest BCUT2D eigenvalue weighted by atomic mass is 35.5. The van der Waals surface area contributed by atoms with Gasteiger partial charge in [-0.05, 0) is 42.7 Å². The molecule has 0 unspecified atom stereocenters. The van der Waals surface area contributed by atoms with Crippen molar-refractivity contribution in [3.05, 3.63) is 72.6 Å². The minimum Gasteiger partial charge on any atom is -0.440 e. The van der Waals surface area contributed by atoms with Gasteiger partial charge in [-0.25, -0.2) is 14.8 Å².